The van der Waals surface area contributed by atoms with Crippen molar-refractivity contribution in [1.82, 2.24) is 10.6 Å². The Kier molecular flexibility index (Phi) is 5.46. The number of rotatable bonds is 5. The Hall–Kier alpha value is -3.15. The summed E-state index contributed by atoms with van der Waals surface area (Å²) in [5, 5.41) is 7.63. The Bertz CT molecular complexity index is 714. The van der Waals surface area contributed by atoms with E-state index in [2.05, 4.69) is 16.0 Å². The maximum atomic E-state index is 12.2. The summed E-state index contributed by atoms with van der Waals surface area (Å²) in [4.78, 5) is 35.6. The molecule has 0 aliphatic heterocycles. The second kappa shape index (κ2) is 7.74. The van der Waals surface area contributed by atoms with Gasteiger partial charge in [-0.3, -0.25) is 14.4 Å². The van der Waals surface area contributed by atoms with Crippen molar-refractivity contribution in [3.8, 4) is 0 Å². The summed E-state index contributed by atoms with van der Waals surface area (Å²) >= 11 is 0. The van der Waals surface area contributed by atoms with Crippen LogP contribution in [0.4, 0.5) is 5.69 Å². The van der Waals surface area contributed by atoms with Crippen LogP contribution in [0.15, 0.2) is 54.6 Å². The molecule has 3 amide bonds. The minimum absolute atomic E-state index is 0.129. The Balaban J connectivity index is 2.13. The fourth-order valence-electron chi connectivity index (χ4n) is 1.92. The summed E-state index contributed by atoms with van der Waals surface area (Å²) in [5.74, 6) is -1.04. The van der Waals surface area contributed by atoms with E-state index in [0.717, 1.165) is 0 Å². The van der Waals surface area contributed by atoms with Crippen LogP contribution in [0.2, 0.25) is 0 Å². The van der Waals surface area contributed by atoms with Gasteiger partial charge >= 0.3 is 0 Å². The molecule has 2 aromatic rings. The van der Waals surface area contributed by atoms with Crippen molar-refractivity contribution >= 4 is 23.4 Å². The zero-order valence-corrected chi connectivity index (χ0v) is 12.6. The molecule has 0 aromatic heterocycles. The van der Waals surface area contributed by atoms with E-state index in [9.17, 15) is 14.4 Å². The van der Waals surface area contributed by atoms with Crippen molar-refractivity contribution in [2.45, 2.75) is 0 Å². The highest BCUT2D eigenvalue weighted by atomic mass is 16.2. The monoisotopic (exact) mass is 311 g/mol. The molecule has 118 valence electrons. The molecule has 0 atom stereocenters. The molecule has 0 bridgehead atoms. The third-order valence-corrected chi connectivity index (χ3v) is 3.14. The van der Waals surface area contributed by atoms with Crippen LogP contribution < -0.4 is 16.0 Å². The Labute approximate surface area is 133 Å². The fraction of sp³-hybridized carbons (Fsp3) is 0.118. The van der Waals surface area contributed by atoms with Gasteiger partial charge in [-0.15, -0.1) is 0 Å². The highest BCUT2D eigenvalue weighted by Gasteiger charge is 2.14. The van der Waals surface area contributed by atoms with Gasteiger partial charge in [0.25, 0.3) is 11.8 Å². The number of nitrogens with one attached hydrogen (secondary N) is 3. The van der Waals surface area contributed by atoms with Gasteiger partial charge in [0.05, 0.1) is 17.8 Å². The molecule has 2 aromatic carbocycles. The van der Waals surface area contributed by atoms with Crippen molar-refractivity contribution < 1.29 is 14.4 Å². The third kappa shape index (κ3) is 4.41. The molecule has 0 fully saturated rings. The molecule has 0 aliphatic rings. The maximum absolute atomic E-state index is 12.2. The minimum atomic E-state index is -0.433. The standard InChI is InChI=1S/C17H17N3O3/c1-18-15(21)11-19-17(23)13-9-5-6-10-14(13)20-16(22)12-7-3-2-4-8-12/h2-10H,11H2,1H3,(H,18,21)(H,19,23)(H,20,22). The normalized spacial score (nSPS) is 9.78. The van der Waals surface area contributed by atoms with Gasteiger partial charge in [0, 0.05) is 12.6 Å². The van der Waals surface area contributed by atoms with Crippen LogP contribution in [0.3, 0.4) is 0 Å². The number of benzene rings is 2. The average molecular weight is 311 g/mol. The lowest BCUT2D eigenvalue weighted by atomic mass is 10.1. The van der Waals surface area contributed by atoms with E-state index >= 15 is 0 Å². The van der Waals surface area contributed by atoms with Crippen molar-refractivity contribution in [2.24, 2.45) is 0 Å². The van der Waals surface area contributed by atoms with E-state index in [1.165, 1.54) is 7.05 Å². The molecule has 0 aliphatic carbocycles. The zero-order chi connectivity index (χ0) is 16.7. The average Bonchev–Trinajstić information content (AvgIpc) is 2.60. The fourth-order valence-corrected chi connectivity index (χ4v) is 1.92. The van der Waals surface area contributed by atoms with Crippen LogP contribution in [-0.2, 0) is 4.79 Å². The van der Waals surface area contributed by atoms with Gasteiger partial charge < -0.3 is 16.0 Å². The first-order valence-corrected chi connectivity index (χ1v) is 7.06. The van der Waals surface area contributed by atoms with Crippen LogP contribution in [0, 0.1) is 0 Å². The van der Waals surface area contributed by atoms with Crippen LogP contribution in [-0.4, -0.2) is 31.3 Å². The highest BCUT2D eigenvalue weighted by molar-refractivity contribution is 6.09. The largest absolute Gasteiger partial charge is 0.358 e. The molecule has 6 nitrogen and oxygen atoms in total. The first-order valence-electron chi connectivity index (χ1n) is 7.06. The number of para-hydroxylation sites is 1. The van der Waals surface area contributed by atoms with Crippen molar-refractivity contribution in [2.75, 3.05) is 18.9 Å². The molecule has 0 unspecified atom stereocenters. The number of amides is 3. The molecule has 3 N–H and O–H groups in total. The summed E-state index contributed by atoms with van der Waals surface area (Å²) in [6, 6.07) is 15.3. The quantitative estimate of drug-likeness (QED) is 0.780. The van der Waals surface area contributed by atoms with E-state index in [0.29, 0.717) is 16.8 Å². The molecular formula is C17H17N3O3. The van der Waals surface area contributed by atoms with E-state index in [-0.39, 0.29) is 18.4 Å². The van der Waals surface area contributed by atoms with Crippen LogP contribution in [0.5, 0.6) is 0 Å². The lowest BCUT2D eigenvalue weighted by Crippen LogP contribution is -2.35. The van der Waals surface area contributed by atoms with E-state index in [4.69, 9.17) is 0 Å². The highest BCUT2D eigenvalue weighted by Crippen LogP contribution is 2.16. The van der Waals surface area contributed by atoms with Gasteiger partial charge in [0.15, 0.2) is 0 Å². The molecule has 0 radical (unpaired) electrons. The summed E-state index contributed by atoms with van der Waals surface area (Å²) < 4.78 is 0. The van der Waals surface area contributed by atoms with Crippen LogP contribution in [0.25, 0.3) is 0 Å². The smallest absolute Gasteiger partial charge is 0.255 e. The molecule has 0 saturated heterocycles. The van der Waals surface area contributed by atoms with Gasteiger partial charge in [0.1, 0.15) is 0 Å². The van der Waals surface area contributed by atoms with Crippen molar-refractivity contribution in [3.05, 3.63) is 65.7 Å². The van der Waals surface area contributed by atoms with Gasteiger partial charge in [0.2, 0.25) is 5.91 Å². The second-order valence-electron chi connectivity index (χ2n) is 4.72. The molecule has 6 heteroatoms. The van der Waals surface area contributed by atoms with Crippen molar-refractivity contribution in [1.29, 1.82) is 0 Å². The van der Waals surface area contributed by atoms with Gasteiger partial charge in [-0.25, -0.2) is 0 Å². The van der Waals surface area contributed by atoms with E-state index in [1.807, 2.05) is 6.07 Å². The molecule has 23 heavy (non-hydrogen) atoms. The van der Waals surface area contributed by atoms with Crippen LogP contribution in [0.1, 0.15) is 20.7 Å². The minimum Gasteiger partial charge on any atom is -0.358 e. The maximum Gasteiger partial charge on any atom is 0.255 e. The predicted octanol–water partition coefficient (Wildman–Crippen LogP) is 1.41. The van der Waals surface area contributed by atoms with Crippen LogP contribution >= 0.6 is 0 Å². The topological polar surface area (TPSA) is 87.3 Å². The zero-order valence-electron chi connectivity index (χ0n) is 12.6. The van der Waals surface area contributed by atoms with E-state index in [1.54, 1.807) is 48.5 Å². The Morgan fingerprint density at radius 3 is 2.22 bits per heavy atom. The first kappa shape index (κ1) is 16.2. The number of hydrogen-bond donors (Lipinski definition) is 3. The third-order valence-electron chi connectivity index (χ3n) is 3.14. The van der Waals surface area contributed by atoms with Gasteiger partial charge in [-0.05, 0) is 24.3 Å². The molecule has 2 rings (SSSR count). The summed E-state index contributed by atoms with van der Waals surface area (Å²) in [6.45, 7) is -0.129. The summed E-state index contributed by atoms with van der Waals surface area (Å²) in [6.07, 6.45) is 0. The van der Waals surface area contributed by atoms with Gasteiger partial charge in [-0.1, -0.05) is 30.3 Å². The lowest BCUT2D eigenvalue weighted by molar-refractivity contribution is -0.119. The number of carbonyl (C=O) groups excluding carboxylic acids is 3. The Morgan fingerprint density at radius 1 is 0.870 bits per heavy atom. The number of likely N-dealkylation sites (N-methyl/N-ethyl adjacent to an activating group) is 1. The Morgan fingerprint density at radius 2 is 1.52 bits per heavy atom. The molecule has 0 saturated carbocycles. The second-order valence-corrected chi connectivity index (χ2v) is 4.72. The number of anilines is 1. The number of carbonyl (C=O) groups is 3. The lowest BCUT2D eigenvalue weighted by Gasteiger charge is -2.11. The van der Waals surface area contributed by atoms with Gasteiger partial charge in [-0.2, -0.15) is 0 Å². The van der Waals surface area contributed by atoms with Crippen molar-refractivity contribution in [3.63, 3.8) is 0 Å². The predicted molar refractivity (Wildman–Crippen MR) is 87.2 cm³/mol. The molecular weight excluding hydrogens is 294 g/mol. The van der Waals surface area contributed by atoms with E-state index < -0.39 is 5.91 Å². The first-order chi connectivity index (χ1) is 11.1. The SMILES string of the molecule is CNC(=O)CNC(=O)c1ccccc1NC(=O)c1ccccc1. The summed E-state index contributed by atoms with van der Waals surface area (Å²) in [5.41, 5.74) is 1.17. The number of hydrogen-bond acceptors (Lipinski definition) is 3. The molecule has 0 spiro atoms. The molecule has 0 heterocycles. The summed E-state index contributed by atoms with van der Waals surface area (Å²) in [7, 11) is 1.49.